The average Bonchev–Trinajstić information content (AvgIpc) is 2.30. The fraction of sp³-hybridized carbons (Fsp3) is 0.727. The van der Waals surface area contributed by atoms with Crippen molar-refractivity contribution >= 4 is 5.91 Å². The molecule has 0 bridgehead atoms. The van der Waals surface area contributed by atoms with Crippen LogP contribution in [0.3, 0.4) is 0 Å². The molecule has 0 unspecified atom stereocenters. The van der Waals surface area contributed by atoms with Crippen LogP contribution in [0.5, 0.6) is 0 Å². The van der Waals surface area contributed by atoms with Crippen LogP contribution in [-0.4, -0.2) is 50.1 Å². The van der Waals surface area contributed by atoms with Gasteiger partial charge >= 0.3 is 0 Å². The standard InChI is InChI=1S/C11H21NO4/c1-3-5-12-11(14)8-10(9-13)16-7-6-15-4-2/h3,10,13H,1,4-9H2,2H3,(H,12,14)/t10-/m0/s1. The number of ether oxygens (including phenoxy) is 2. The van der Waals surface area contributed by atoms with Crippen molar-refractivity contribution in [1.82, 2.24) is 5.32 Å². The van der Waals surface area contributed by atoms with E-state index in [1.165, 1.54) is 0 Å². The van der Waals surface area contributed by atoms with Crippen molar-refractivity contribution in [2.24, 2.45) is 0 Å². The number of nitrogens with one attached hydrogen (secondary N) is 1. The zero-order valence-corrected chi connectivity index (χ0v) is 9.78. The number of hydrogen-bond acceptors (Lipinski definition) is 4. The van der Waals surface area contributed by atoms with Crippen LogP contribution in [0.2, 0.25) is 0 Å². The van der Waals surface area contributed by atoms with Crippen molar-refractivity contribution in [2.45, 2.75) is 19.4 Å². The molecule has 0 spiro atoms. The predicted molar refractivity (Wildman–Crippen MR) is 61.1 cm³/mol. The van der Waals surface area contributed by atoms with Gasteiger partial charge in [-0.3, -0.25) is 4.79 Å². The summed E-state index contributed by atoms with van der Waals surface area (Å²) in [7, 11) is 0. The highest BCUT2D eigenvalue weighted by molar-refractivity contribution is 5.76. The van der Waals surface area contributed by atoms with Crippen LogP contribution in [0.4, 0.5) is 0 Å². The van der Waals surface area contributed by atoms with Crippen molar-refractivity contribution in [3.8, 4) is 0 Å². The van der Waals surface area contributed by atoms with Gasteiger partial charge in [0.25, 0.3) is 0 Å². The van der Waals surface area contributed by atoms with Crippen LogP contribution in [0.1, 0.15) is 13.3 Å². The maximum atomic E-state index is 11.3. The Hall–Kier alpha value is -0.910. The minimum atomic E-state index is -0.467. The summed E-state index contributed by atoms with van der Waals surface area (Å²) in [6, 6.07) is 0. The first-order valence-electron chi connectivity index (χ1n) is 5.42. The van der Waals surface area contributed by atoms with E-state index < -0.39 is 6.10 Å². The van der Waals surface area contributed by atoms with E-state index in [4.69, 9.17) is 14.6 Å². The van der Waals surface area contributed by atoms with Gasteiger partial charge < -0.3 is 19.9 Å². The summed E-state index contributed by atoms with van der Waals surface area (Å²) < 4.78 is 10.4. The van der Waals surface area contributed by atoms with Crippen molar-refractivity contribution < 1.29 is 19.4 Å². The first kappa shape index (κ1) is 15.1. The van der Waals surface area contributed by atoms with Crippen LogP contribution < -0.4 is 5.32 Å². The minimum Gasteiger partial charge on any atom is -0.394 e. The number of carbonyl (C=O) groups is 1. The van der Waals surface area contributed by atoms with E-state index >= 15 is 0 Å². The third-order valence-electron chi connectivity index (χ3n) is 1.85. The van der Waals surface area contributed by atoms with Gasteiger partial charge in [0, 0.05) is 13.2 Å². The van der Waals surface area contributed by atoms with Crippen molar-refractivity contribution in [3.05, 3.63) is 12.7 Å². The largest absolute Gasteiger partial charge is 0.394 e. The lowest BCUT2D eigenvalue weighted by molar-refractivity contribution is -0.125. The molecule has 94 valence electrons. The number of amides is 1. The molecule has 0 aromatic rings. The molecule has 1 atom stereocenters. The Morgan fingerprint density at radius 2 is 2.31 bits per heavy atom. The van der Waals surface area contributed by atoms with Crippen molar-refractivity contribution in [2.75, 3.05) is 33.0 Å². The normalized spacial score (nSPS) is 12.1. The van der Waals surface area contributed by atoms with Crippen LogP contribution >= 0.6 is 0 Å². The molecule has 0 rings (SSSR count). The second-order valence-corrected chi connectivity index (χ2v) is 3.17. The molecule has 0 aromatic heterocycles. The number of carbonyl (C=O) groups excluding carboxylic acids is 1. The first-order chi connectivity index (χ1) is 7.74. The third kappa shape index (κ3) is 8.40. The van der Waals surface area contributed by atoms with Gasteiger partial charge in [-0.2, -0.15) is 0 Å². The average molecular weight is 231 g/mol. The predicted octanol–water partition coefficient (Wildman–Crippen LogP) is 0.0927. The molecule has 16 heavy (non-hydrogen) atoms. The van der Waals surface area contributed by atoms with Gasteiger partial charge in [0.2, 0.25) is 5.91 Å². The fourth-order valence-corrected chi connectivity index (χ4v) is 1.06. The number of rotatable bonds is 10. The highest BCUT2D eigenvalue weighted by Gasteiger charge is 2.12. The Morgan fingerprint density at radius 1 is 1.56 bits per heavy atom. The smallest absolute Gasteiger partial charge is 0.222 e. The van der Waals surface area contributed by atoms with Gasteiger partial charge in [-0.05, 0) is 6.92 Å². The lowest BCUT2D eigenvalue weighted by atomic mass is 10.2. The maximum absolute atomic E-state index is 11.3. The van der Waals surface area contributed by atoms with E-state index in [-0.39, 0.29) is 18.9 Å². The van der Waals surface area contributed by atoms with Gasteiger partial charge in [0.15, 0.2) is 0 Å². The topological polar surface area (TPSA) is 67.8 Å². The molecule has 0 heterocycles. The van der Waals surface area contributed by atoms with E-state index in [9.17, 15) is 4.79 Å². The molecule has 0 aliphatic rings. The molecular formula is C11H21NO4. The van der Waals surface area contributed by atoms with E-state index in [0.29, 0.717) is 26.4 Å². The molecule has 0 radical (unpaired) electrons. The van der Waals surface area contributed by atoms with E-state index in [1.807, 2.05) is 6.92 Å². The molecule has 5 nitrogen and oxygen atoms in total. The second-order valence-electron chi connectivity index (χ2n) is 3.17. The Bertz CT molecular complexity index is 196. The number of hydrogen-bond donors (Lipinski definition) is 2. The quantitative estimate of drug-likeness (QED) is 0.413. The maximum Gasteiger partial charge on any atom is 0.222 e. The Labute approximate surface area is 96.4 Å². The highest BCUT2D eigenvalue weighted by atomic mass is 16.5. The van der Waals surface area contributed by atoms with Crippen LogP contribution in [0.25, 0.3) is 0 Å². The Balaban J connectivity index is 3.64. The highest BCUT2D eigenvalue weighted by Crippen LogP contribution is 1.97. The molecule has 2 N–H and O–H groups in total. The lowest BCUT2D eigenvalue weighted by Crippen LogP contribution is -2.31. The van der Waals surface area contributed by atoms with E-state index in [1.54, 1.807) is 6.08 Å². The lowest BCUT2D eigenvalue weighted by Gasteiger charge is -2.14. The van der Waals surface area contributed by atoms with Gasteiger partial charge in [-0.15, -0.1) is 6.58 Å². The van der Waals surface area contributed by atoms with Crippen molar-refractivity contribution in [3.63, 3.8) is 0 Å². The molecule has 1 amide bonds. The molecule has 0 aromatic carbocycles. The minimum absolute atomic E-state index is 0.149. The monoisotopic (exact) mass is 231 g/mol. The second kappa shape index (κ2) is 10.6. The van der Waals surface area contributed by atoms with Gasteiger partial charge in [0.05, 0.1) is 32.3 Å². The van der Waals surface area contributed by atoms with Crippen LogP contribution in [0.15, 0.2) is 12.7 Å². The summed E-state index contributed by atoms with van der Waals surface area (Å²) in [5.74, 6) is -0.157. The summed E-state index contributed by atoms with van der Waals surface area (Å²) in [5, 5.41) is 11.6. The summed E-state index contributed by atoms with van der Waals surface area (Å²) in [5.41, 5.74) is 0. The summed E-state index contributed by atoms with van der Waals surface area (Å²) in [6.45, 7) is 7.13. The SMILES string of the molecule is C=CCNC(=O)C[C@@H](CO)OCCOCC. The Morgan fingerprint density at radius 3 is 2.88 bits per heavy atom. The van der Waals surface area contributed by atoms with Crippen molar-refractivity contribution in [1.29, 1.82) is 0 Å². The van der Waals surface area contributed by atoms with E-state index in [2.05, 4.69) is 11.9 Å². The summed E-state index contributed by atoms with van der Waals surface area (Å²) in [6.07, 6.45) is 1.28. The third-order valence-corrected chi connectivity index (χ3v) is 1.85. The first-order valence-corrected chi connectivity index (χ1v) is 5.42. The van der Waals surface area contributed by atoms with Gasteiger partial charge in [-0.1, -0.05) is 6.08 Å². The fourth-order valence-electron chi connectivity index (χ4n) is 1.06. The van der Waals surface area contributed by atoms with E-state index in [0.717, 1.165) is 0 Å². The molecule has 0 saturated heterocycles. The zero-order chi connectivity index (χ0) is 12.2. The molecule has 0 saturated carbocycles. The van der Waals surface area contributed by atoms with Crippen LogP contribution in [0, 0.1) is 0 Å². The molecule has 5 heteroatoms. The van der Waals surface area contributed by atoms with Crippen LogP contribution in [-0.2, 0) is 14.3 Å². The molecule has 0 fully saturated rings. The Kier molecular flexibility index (Phi) is 10.00. The van der Waals surface area contributed by atoms with Gasteiger partial charge in [-0.25, -0.2) is 0 Å². The molecular weight excluding hydrogens is 210 g/mol. The number of aliphatic hydroxyl groups is 1. The molecule has 0 aliphatic carbocycles. The zero-order valence-electron chi connectivity index (χ0n) is 9.78. The summed E-state index contributed by atoms with van der Waals surface area (Å²) in [4.78, 5) is 11.3. The summed E-state index contributed by atoms with van der Waals surface area (Å²) >= 11 is 0. The van der Waals surface area contributed by atoms with Gasteiger partial charge in [0.1, 0.15) is 0 Å². The number of aliphatic hydroxyl groups excluding tert-OH is 1. The molecule has 0 aliphatic heterocycles.